The smallest absolute Gasteiger partial charge is 0.303 e. The van der Waals surface area contributed by atoms with Gasteiger partial charge in [-0.2, -0.15) is 5.10 Å². The number of aromatic nitrogens is 2. The Labute approximate surface area is 131 Å². The minimum atomic E-state index is -0.770. The van der Waals surface area contributed by atoms with Crippen LogP contribution < -0.4 is 5.32 Å². The average molecular weight is 301 g/mol. The fourth-order valence-corrected chi connectivity index (χ4v) is 2.11. The zero-order valence-corrected chi connectivity index (χ0v) is 13.3. The van der Waals surface area contributed by atoms with Gasteiger partial charge >= 0.3 is 5.97 Å². The Kier molecular flexibility index (Phi) is 4.85. The maximum atomic E-state index is 10.6. The van der Waals surface area contributed by atoms with E-state index < -0.39 is 5.97 Å². The van der Waals surface area contributed by atoms with Crippen molar-refractivity contribution in [2.45, 2.75) is 45.7 Å². The van der Waals surface area contributed by atoms with Crippen LogP contribution in [0.15, 0.2) is 36.7 Å². The van der Waals surface area contributed by atoms with Gasteiger partial charge in [-0.3, -0.25) is 9.48 Å². The highest BCUT2D eigenvalue weighted by Crippen LogP contribution is 2.16. The molecule has 0 aliphatic rings. The molecule has 0 fully saturated rings. The number of nitrogens with one attached hydrogen (secondary N) is 1. The van der Waals surface area contributed by atoms with E-state index in [1.807, 2.05) is 41.3 Å². The first kappa shape index (κ1) is 16.1. The van der Waals surface area contributed by atoms with Gasteiger partial charge in [0, 0.05) is 30.4 Å². The van der Waals surface area contributed by atoms with E-state index in [4.69, 9.17) is 5.11 Å². The molecule has 2 aromatic rings. The molecule has 1 aromatic heterocycles. The zero-order chi connectivity index (χ0) is 16.2. The summed E-state index contributed by atoms with van der Waals surface area (Å²) in [5.41, 5.74) is 3.12. The first-order valence-electron chi connectivity index (χ1n) is 7.43. The van der Waals surface area contributed by atoms with Crippen molar-refractivity contribution >= 4 is 11.7 Å². The number of carboxylic acids is 1. The van der Waals surface area contributed by atoms with Crippen molar-refractivity contribution in [2.75, 3.05) is 5.32 Å². The summed E-state index contributed by atoms with van der Waals surface area (Å²) in [4.78, 5) is 10.6. The standard InChI is InChI=1S/C17H23N3O2/c1-17(2,3)20-12-14(11-19-20)10-18-15-6-4-5-13(9-15)7-8-16(21)22/h4-6,9,11-12,18H,7-8,10H2,1-3H3,(H,21,22). The molecule has 0 bridgehead atoms. The largest absolute Gasteiger partial charge is 0.481 e. The Hall–Kier alpha value is -2.30. The lowest BCUT2D eigenvalue weighted by Gasteiger charge is -2.18. The average Bonchev–Trinajstić information content (AvgIpc) is 2.92. The van der Waals surface area contributed by atoms with E-state index in [0.29, 0.717) is 13.0 Å². The summed E-state index contributed by atoms with van der Waals surface area (Å²) in [5, 5.41) is 16.5. The van der Waals surface area contributed by atoms with Crippen LogP contribution in [0.4, 0.5) is 5.69 Å². The summed E-state index contributed by atoms with van der Waals surface area (Å²) >= 11 is 0. The van der Waals surface area contributed by atoms with Crippen molar-refractivity contribution in [3.05, 3.63) is 47.8 Å². The molecule has 2 N–H and O–H groups in total. The Morgan fingerprint density at radius 2 is 2.09 bits per heavy atom. The Morgan fingerprint density at radius 1 is 1.32 bits per heavy atom. The number of aliphatic carboxylic acids is 1. The van der Waals surface area contributed by atoms with Crippen molar-refractivity contribution in [3.63, 3.8) is 0 Å². The fourth-order valence-electron chi connectivity index (χ4n) is 2.11. The van der Waals surface area contributed by atoms with Gasteiger partial charge in [-0.25, -0.2) is 0 Å². The first-order chi connectivity index (χ1) is 10.3. The molecule has 22 heavy (non-hydrogen) atoms. The summed E-state index contributed by atoms with van der Waals surface area (Å²) in [5.74, 6) is -0.770. The lowest BCUT2D eigenvalue weighted by Crippen LogP contribution is -2.21. The highest BCUT2D eigenvalue weighted by molar-refractivity contribution is 5.67. The van der Waals surface area contributed by atoms with Gasteiger partial charge in [0.25, 0.3) is 0 Å². The van der Waals surface area contributed by atoms with Gasteiger partial charge in [-0.05, 0) is 44.9 Å². The van der Waals surface area contributed by atoms with Crippen LogP contribution in [0.3, 0.4) is 0 Å². The Balaban J connectivity index is 1.95. The second-order valence-corrected chi connectivity index (χ2v) is 6.41. The summed E-state index contributed by atoms with van der Waals surface area (Å²) in [6.45, 7) is 7.04. The molecule has 118 valence electrons. The molecule has 0 saturated heterocycles. The fraction of sp³-hybridized carbons (Fsp3) is 0.412. The van der Waals surface area contributed by atoms with E-state index in [9.17, 15) is 4.79 Å². The number of nitrogens with zero attached hydrogens (tertiary/aromatic N) is 2. The molecule has 1 heterocycles. The second kappa shape index (κ2) is 6.64. The number of hydrogen-bond donors (Lipinski definition) is 2. The summed E-state index contributed by atoms with van der Waals surface area (Å²) in [6, 6.07) is 7.87. The summed E-state index contributed by atoms with van der Waals surface area (Å²) in [6.07, 6.45) is 4.61. The van der Waals surface area contributed by atoms with Crippen molar-refractivity contribution in [2.24, 2.45) is 0 Å². The van der Waals surface area contributed by atoms with E-state index in [2.05, 4.69) is 31.2 Å². The molecule has 0 saturated carbocycles. The van der Waals surface area contributed by atoms with Crippen LogP contribution in [0, 0.1) is 0 Å². The molecular weight excluding hydrogens is 278 g/mol. The van der Waals surface area contributed by atoms with Crippen LogP contribution in [0.25, 0.3) is 0 Å². The number of hydrogen-bond acceptors (Lipinski definition) is 3. The van der Waals surface area contributed by atoms with Gasteiger partial charge < -0.3 is 10.4 Å². The molecule has 5 nitrogen and oxygen atoms in total. The lowest BCUT2D eigenvalue weighted by molar-refractivity contribution is -0.136. The predicted octanol–water partition coefficient (Wildman–Crippen LogP) is 3.27. The number of anilines is 1. The molecule has 5 heteroatoms. The summed E-state index contributed by atoms with van der Waals surface area (Å²) in [7, 11) is 0. The van der Waals surface area contributed by atoms with Crippen LogP contribution >= 0.6 is 0 Å². The molecule has 0 radical (unpaired) electrons. The van der Waals surface area contributed by atoms with E-state index >= 15 is 0 Å². The monoisotopic (exact) mass is 301 g/mol. The van der Waals surface area contributed by atoms with E-state index in [-0.39, 0.29) is 12.0 Å². The van der Waals surface area contributed by atoms with Crippen LogP contribution in [0.1, 0.15) is 38.3 Å². The molecule has 0 aliphatic carbocycles. The molecule has 2 rings (SSSR count). The highest BCUT2D eigenvalue weighted by Gasteiger charge is 2.13. The maximum absolute atomic E-state index is 10.6. The van der Waals surface area contributed by atoms with Crippen molar-refractivity contribution in [3.8, 4) is 0 Å². The van der Waals surface area contributed by atoms with Gasteiger partial charge in [-0.15, -0.1) is 0 Å². The Bertz CT molecular complexity index is 641. The van der Waals surface area contributed by atoms with Crippen LogP contribution in [-0.2, 0) is 23.3 Å². The topological polar surface area (TPSA) is 67.2 Å². The quantitative estimate of drug-likeness (QED) is 0.859. The van der Waals surface area contributed by atoms with Gasteiger partial charge in [-0.1, -0.05) is 12.1 Å². The SMILES string of the molecule is CC(C)(C)n1cc(CNc2cccc(CCC(=O)O)c2)cn1. The van der Waals surface area contributed by atoms with Crippen LogP contribution in [-0.4, -0.2) is 20.9 Å². The lowest BCUT2D eigenvalue weighted by atomic mass is 10.1. The van der Waals surface area contributed by atoms with Gasteiger partial charge in [0.05, 0.1) is 11.7 Å². The molecule has 1 aromatic carbocycles. The third kappa shape index (κ3) is 4.62. The van der Waals surface area contributed by atoms with Crippen molar-refractivity contribution in [1.29, 1.82) is 0 Å². The number of rotatable bonds is 6. The number of carbonyl (C=O) groups is 1. The molecular formula is C17H23N3O2. The molecule has 0 spiro atoms. The number of benzene rings is 1. The highest BCUT2D eigenvalue weighted by atomic mass is 16.4. The van der Waals surface area contributed by atoms with Crippen molar-refractivity contribution < 1.29 is 9.90 Å². The van der Waals surface area contributed by atoms with Crippen LogP contribution in [0.5, 0.6) is 0 Å². The first-order valence-corrected chi connectivity index (χ1v) is 7.43. The minimum Gasteiger partial charge on any atom is -0.481 e. The molecule has 0 atom stereocenters. The predicted molar refractivity (Wildman–Crippen MR) is 86.9 cm³/mol. The number of carboxylic acid groups (broad SMARTS) is 1. The third-order valence-electron chi connectivity index (χ3n) is 3.37. The van der Waals surface area contributed by atoms with Gasteiger partial charge in [0.1, 0.15) is 0 Å². The molecule has 0 amide bonds. The van der Waals surface area contributed by atoms with Gasteiger partial charge in [0.2, 0.25) is 0 Å². The normalized spacial score (nSPS) is 11.4. The van der Waals surface area contributed by atoms with Crippen LogP contribution in [0.2, 0.25) is 0 Å². The van der Waals surface area contributed by atoms with Gasteiger partial charge in [0.15, 0.2) is 0 Å². The second-order valence-electron chi connectivity index (χ2n) is 6.41. The minimum absolute atomic E-state index is 0.0189. The van der Waals surface area contributed by atoms with E-state index in [1.165, 1.54) is 0 Å². The maximum Gasteiger partial charge on any atom is 0.303 e. The Morgan fingerprint density at radius 3 is 2.73 bits per heavy atom. The molecule has 0 aliphatic heterocycles. The van der Waals surface area contributed by atoms with Crippen molar-refractivity contribution in [1.82, 2.24) is 9.78 Å². The van der Waals surface area contributed by atoms with E-state index in [1.54, 1.807) is 0 Å². The number of aryl methyl sites for hydroxylation is 1. The third-order valence-corrected chi connectivity index (χ3v) is 3.37. The molecule has 0 unspecified atom stereocenters. The zero-order valence-electron chi connectivity index (χ0n) is 13.3. The summed E-state index contributed by atoms with van der Waals surface area (Å²) < 4.78 is 1.95. The van der Waals surface area contributed by atoms with E-state index in [0.717, 1.165) is 16.8 Å².